The molecule has 3 heteroatoms. The van der Waals surface area contributed by atoms with E-state index in [0.29, 0.717) is 13.2 Å². The maximum absolute atomic E-state index is 9.00. The van der Waals surface area contributed by atoms with E-state index >= 15 is 0 Å². The molecule has 68 valence electrons. The van der Waals surface area contributed by atoms with Crippen LogP contribution in [0.25, 0.3) is 0 Å². The van der Waals surface area contributed by atoms with Crippen LogP contribution < -0.4 is 5.32 Å². The second-order valence-corrected chi connectivity index (χ2v) is 3.23. The zero-order chi connectivity index (χ0) is 8.86. The average molecular weight is 168 g/mol. The first kappa shape index (κ1) is 9.50. The summed E-state index contributed by atoms with van der Waals surface area (Å²) in [6.07, 6.45) is 2.72. The van der Waals surface area contributed by atoms with Gasteiger partial charge >= 0.3 is 0 Å². The third kappa shape index (κ3) is 2.20. The molecule has 0 spiro atoms. The van der Waals surface area contributed by atoms with E-state index in [1.165, 1.54) is 0 Å². The molecule has 0 saturated carbocycles. The molecule has 0 amide bonds. The van der Waals surface area contributed by atoms with Crippen molar-refractivity contribution in [2.45, 2.75) is 31.7 Å². The Bertz CT molecular complexity index is 168. The molecule has 1 heterocycles. The lowest BCUT2D eigenvalue weighted by atomic mass is 9.92. The maximum Gasteiger partial charge on any atom is 0.111 e. The van der Waals surface area contributed by atoms with Crippen LogP contribution in [0.15, 0.2) is 0 Å². The Balaban J connectivity index is 2.44. The van der Waals surface area contributed by atoms with Crippen molar-refractivity contribution in [2.24, 2.45) is 0 Å². The van der Waals surface area contributed by atoms with Crippen LogP contribution in [0.1, 0.15) is 26.2 Å². The monoisotopic (exact) mass is 168 g/mol. The Morgan fingerprint density at radius 2 is 2.17 bits per heavy atom. The number of nitrogens with zero attached hydrogens (tertiary/aromatic N) is 1. The molecular formula is C9H16N2O. The van der Waals surface area contributed by atoms with Crippen molar-refractivity contribution in [3.8, 4) is 6.07 Å². The Morgan fingerprint density at radius 3 is 2.67 bits per heavy atom. The first-order valence-corrected chi connectivity index (χ1v) is 4.57. The van der Waals surface area contributed by atoms with Gasteiger partial charge in [0.05, 0.1) is 6.07 Å². The summed E-state index contributed by atoms with van der Waals surface area (Å²) in [5, 5.41) is 12.3. The lowest BCUT2D eigenvalue weighted by molar-refractivity contribution is 0.0581. The fourth-order valence-electron chi connectivity index (χ4n) is 1.41. The summed E-state index contributed by atoms with van der Waals surface area (Å²) in [6.45, 7) is 4.46. The van der Waals surface area contributed by atoms with Gasteiger partial charge in [0.15, 0.2) is 0 Å². The number of hydrogen-bond donors (Lipinski definition) is 1. The van der Waals surface area contributed by atoms with Crippen LogP contribution in [-0.2, 0) is 4.74 Å². The maximum atomic E-state index is 9.00. The normalized spacial score (nSPS) is 21.7. The van der Waals surface area contributed by atoms with E-state index in [9.17, 15) is 0 Å². The van der Waals surface area contributed by atoms with Crippen LogP contribution in [-0.4, -0.2) is 25.3 Å². The first-order chi connectivity index (χ1) is 5.83. The predicted molar refractivity (Wildman–Crippen MR) is 46.7 cm³/mol. The second kappa shape index (κ2) is 4.44. The van der Waals surface area contributed by atoms with Crippen LogP contribution in [0, 0.1) is 11.3 Å². The number of ether oxygens (including phenoxy) is 1. The Labute approximate surface area is 73.7 Å². The molecule has 0 atom stereocenters. The van der Waals surface area contributed by atoms with E-state index in [-0.39, 0.29) is 5.54 Å². The first-order valence-electron chi connectivity index (χ1n) is 4.57. The fraction of sp³-hybridized carbons (Fsp3) is 0.889. The van der Waals surface area contributed by atoms with Crippen LogP contribution in [0.3, 0.4) is 0 Å². The van der Waals surface area contributed by atoms with Crippen molar-refractivity contribution in [1.29, 1.82) is 5.26 Å². The molecule has 0 aromatic carbocycles. The van der Waals surface area contributed by atoms with Gasteiger partial charge in [-0.2, -0.15) is 5.26 Å². The third-order valence-electron chi connectivity index (χ3n) is 2.27. The van der Waals surface area contributed by atoms with Gasteiger partial charge in [-0.25, -0.2) is 0 Å². The molecule has 0 bridgehead atoms. The second-order valence-electron chi connectivity index (χ2n) is 3.23. The number of nitriles is 1. The van der Waals surface area contributed by atoms with E-state index in [2.05, 4.69) is 18.3 Å². The molecule has 1 aliphatic rings. The highest BCUT2D eigenvalue weighted by Crippen LogP contribution is 2.19. The van der Waals surface area contributed by atoms with Gasteiger partial charge in [-0.3, -0.25) is 5.32 Å². The summed E-state index contributed by atoms with van der Waals surface area (Å²) in [5.74, 6) is 0. The summed E-state index contributed by atoms with van der Waals surface area (Å²) in [6, 6.07) is 2.36. The standard InChI is InChI=1S/C9H16N2O/c1-2-5-11-9(8-10)3-6-12-7-4-9/h11H,2-7H2,1H3. The van der Waals surface area contributed by atoms with E-state index in [1.807, 2.05) is 0 Å². The minimum Gasteiger partial charge on any atom is -0.381 e. The molecule has 1 fully saturated rings. The lowest BCUT2D eigenvalue weighted by Crippen LogP contribution is -2.48. The van der Waals surface area contributed by atoms with Crippen LogP contribution >= 0.6 is 0 Å². The highest BCUT2D eigenvalue weighted by molar-refractivity contribution is 5.07. The SMILES string of the molecule is CCCNC1(C#N)CCOCC1. The van der Waals surface area contributed by atoms with Crippen LogP contribution in [0.5, 0.6) is 0 Å². The lowest BCUT2D eigenvalue weighted by Gasteiger charge is -2.31. The highest BCUT2D eigenvalue weighted by Gasteiger charge is 2.31. The van der Waals surface area contributed by atoms with E-state index in [1.54, 1.807) is 0 Å². The predicted octanol–water partition coefficient (Wildman–Crippen LogP) is 1.06. The molecule has 1 aliphatic heterocycles. The summed E-state index contributed by atoms with van der Waals surface area (Å²) in [5.41, 5.74) is -0.297. The van der Waals surface area contributed by atoms with Crippen LogP contribution in [0.2, 0.25) is 0 Å². The highest BCUT2D eigenvalue weighted by atomic mass is 16.5. The van der Waals surface area contributed by atoms with Crippen molar-refractivity contribution in [3.05, 3.63) is 0 Å². The minimum atomic E-state index is -0.297. The molecular weight excluding hydrogens is 152 g/mol. The fourth-order valence-corrected chi connectivity index (χ4v) is 1.41. The van der Waals surface area contributed by atoms with E-state index in [0.717, 1.165) is 25.8 Å². The molecule has 0 aromatic rings. The number of nitrogens with one attached hydrogen (secondary N) is 1. The van der Waals surface area contributed by atoms with Crippen molar-refractivity contribution in [1.82, 2.24) is 5.32 Å². The van der Waals surface area contributed by atoms with Gasteiger partial charge in [-0.1, -0.05) is 6.92 Å². The Kier molecular flexibility index (Phi) is 3.51. The topological polar surface area (TPSA) is 45.0 Å². The third-order valence-corrected chi connectivity index (χ3v) is 2.27. The summed E-state index contributed by atoms with van der Waals surface area (Å²) < 4.78 is 5.22. The molecule has 0 unspecified atom stereocenters. The zero-order valence-electron chi connectivity index (χ0n) is 7.60. The Morgan fingerprint density at radius 1 is 1.50 bits per heavy atom. The van der Waals surface area contributed by atoms with Gasteiger partial charge in [0.1, 0.15) is 5.54 Å². The summed E-state index contributed by atoms with van der Waals surface area (Å²) in [7, 11) is 0. The van der Waals surface area contributed by atoms with Crippen molar-refractivity contribution in [3.63, 3.8) is 0 Å². The largest absolute Gasteiger partial charge is 0.381 e. The average Bonchev–Trinajstić information content (AvgIpc) is 2.16. The van der Waals surface area contributed by atoms with Gasteiger partial charge in [0, 0.05) is 26.1 Å². The molecule has 1 saturated heterocycles. The zero-order valence-corrected chi connectivity index (χ0v) is 7.60. The Hall–Kier alpha value is -0.590. The quantitative estimate of drug-likeness (QED) is 0.685. The van der Waals surface area contributed by atoms with Crippen LogP contribution in [0.4, 0.5) is 0 Å². The molecule has 12 heavy (non-hydrogen) atoms. The van der Waals surface area contributed by atoms with Crippen molar-refractivity contribution < 1.29 is 4.74 Å². The minimum absolute atomic E-state index is 0.297. The smallest absolute Gasteiger partial charge is 0.111 e. The molecule has 1 rings (SSSR count). The van der Waals surface area contributed by atoms with Crippen molar-refractivity contribution >= 4 is 0 Å². The number of hydrogen-bond acceptors (Lipinski definition) is 3. The molecule has 0 aromatic heterocycles. The molecule has 0 radical (unpaired) electrons. The molecule has 1 N–H and O–H groups in total. The summed E-state index contributed by atoms with van der Waals surface area (Å²) >= 11 is 0. The van der Waals surface area contributed by atoms with Gasteiger partial charge < -0.3 is 4.74 Å². The summed E-state index contributed by atoms with van der Waals surface area (Å²) in [4.78, 5) is 0. The molecule has 0 aliphatic carbocycles. The van der Waals surface area contributed by atoms with E-state index < -0.39 is 0 Å². The molecule has 3 nitrogen and oxygen atoms in total. The van der Waals surface area contributed by atoms with Crippen molar-refractivity contribution in [2.75, 3.05) is 19.8 Å². The van der Waals surface area contributed by atoms with Gasteiger partial charge in [-0.05, 0) is 13.0 Å². The van der Waals surface area contributed by atoms with E-state index in [4.69, 9.17) is 10.00 Å². The van der Waals surface area contributed by atoms with Gasteiger partial charge in [0.25, 0.3) is 0 Å². The van der Waals surface area contributed by atoms with Gasteiger partial charge in [0.2, 0.25) is 0 Å². The van der Waals surface area contributed by atoms with Gasteiger partial charge in [-0.15, -0.1) is 0 Å². The number of rotatable bonds is 3.